The number of ether oxygens (including phenoxy) is 1. The molecule has 0 aliphatic heterocycles. The molecule has 16 heavy (non-hydrogen) atoms. The number of methoxy groups -OCH3 is 1. The quantitative estimate of drug-likeness (QED) is 0.784. The predicted molar refractivity (Wildman–Crippen MR) is 59.9 cm³/mol. The largest absolute Gasteiger partial charge is 0.465 e. The summed E-state index contributed by atoms with van der Waals surface area (Å²) in [5, 5.41) is 0. The SMILES string of the molecule is COC(=O)c1c(-c2ccccc2)coc1N. The van der Waals surface area contributed by atoms with Crippen LogP contribution < -0.4 is 5.73 Å². The summed E-state index contributed by atoms with van der Waals surface area (Å²) >= 11 is 0. The number of rotatable bonds is 2. The van der Waals surface area contributed by atoms with Crippen molar-refractivity contribution in [2.45, 2.75) is 0 Å². The topological polar surface area (TPSA) is 65.5 Å². The van der Waals surface area contributed by atoms with Crippen molar-refractivity contribution in [3.8, 4) is 11.1 Å². The number of nitrogens with two attached hydrogens (primary N) is 1. The Kier molecular flexibility index (Phi) is 2.64. The highest BCUT2D eigenvalue weighted by atomic mass is 16.5. The van der Waals surface area contributed by atoms with Crippen molar-refractivity contribution >= 4 is 11.9 Å². The highest BCUT2D eigenvalue weighted by Gasteiger charge is 2.20. The van der Waals surface area contributed by atoms with Crippen LogP contribution in [0.1, 0.15) is 10.4 Å². The van der Waals surface area contributed by atoms with E-state index >= 15 is 0 Å². The Morgan fingerprint density at radius 1 is 1.31 bits per heavy atom. The summed E-state index contributed by atoms with van der Waals surface area (Å²) in [6, 6.07) is 9.39. The summed E-state index contributed by atoms with van der Waals surface area (Å²) in [5.41, 5.74) is 7.37. The van der Waals surface area contributed by atoms with E-state index in [-0.39, 0.29) is 11.4 Å². The van der Waals surface area contributed by atoms with Gasteiger partial charge in [-0.3, -0.25) is 0 Å². The molecule has 2 aromatic rings. The van der Waals surface area contributed by atoms with Crippen LogP contribution in [0.3, 0.4) is 0 Å². The van der Waals surface area contributed by atoms with Crippen molar-refractivity contribution in [1.82, 2.24) is 0 Å². The summed E-state index contributed by atoms with van der Waals surface area (Å²) in [5.74, 6) is -0.421. The Morgan fingerprint density at radius 2 is 2.00 bits per heavy atom. The summed E-state index contributed by atoms with van der Waals surface area (Å²) in [6.07, 6.45) is 1.46. The van der Waals surface area contributed by atoms with Gasteiger partial charge in [-0.1, -0.05) is 30.3 Å². The molecule has 0 aliphatic rings. The first-order chi connectivity index (χ1) is 7.74. The van der Waals surface area contributed by atoms with Crippen LogP contribution in [-0.4, -0.2) is 13.1 Å². The number of carbonyl (C=O) groups excluding carboxylic acids is 1. The molecule has 1 aromatic carbocycles. The van der Waals surface area contributed by atoms with Gasteiger partial charge in [0.1, 0.15) is 11.8 Å². The van der Waals surface area contributed by atoms with Gasteiger partial charge in [-0.2, -0.15) is 0 Å². The van der Waals surface area contributed by atoms with Gasteiger partial charge < -0.3 is 14.9 Å². The summed E-state index contributed by atoms with van der Waals surface area (Å²) in [4.78, 5) is 11.5. The van der Waals surface area contributed by atoms with Gasteiger partial charge in [0.15, 0.2) is 0 Å². The van der Waals surface area contributed by atoms with E-state index in [9.17, 15) is 4.79 Å². The van der Waals surface area contributed by atoms with Crippen LogP contribution in [-0.2, 0) is 4.74 Å². The second-order valence-corrected chi connectivity index (χ2v) is 3.25. The summed E-state index contributed by atoms with van der Waals surface area (Å²) in [7, 11) is 1.31. The third-order valence-electron chi connectivity index (χ3n) is 2.29. The molecule has 4 nitrogen and oxygen atoms in total. The van der Waals surface area contributed by atoms with Crippen molar-refractivity contribution in [1.29, 1.82) is 0 Å². The van der Waals surface area contributed by atoms with Gasteiger partial charge in [0.2, 0.25) is 5.88 Å². The molecule has 1 aromatic heterocycles. The van der Waals surface area contributed by atoms with Crippen LogP contribution >= 0.6 is 0 Å². The third kappa shape index (κ3) is 1.65. The molecule has 0 atom stereocenters. The molecule has 2 N–H and O–H groups in total. The van der Waals surface area contributed by atoms with E-state index < -0.39 is 5.97 Å². The highest BCUT2D eigenvalue weighted by molar-refractivity contribution is 6.01. The Morgan fingerprint density at radius 3 is 2.62 bits per heavy atom. The average molecular weight is 217 g/mol. The maximum atomic E-state index is 11.5. The number of benzene rings is 1. The fraction of sp³-hybridized carbons (Fsp3) is 0.0833. The van der Waals surface area contributed by atoms with Crippen molar-refractivity contribution in [3.63, 3.8) is 0 Å². The van der Waals surface area contributed by atoms with Gasteiger partial charge in [0, 0.05) is 5.56 Å². The molecular weight excluding hydrogens is 206 g/mol. The lowest BCUT2D eigenvalue weighted by Gasteiger charge is -2.01. The third-order valence-corrected chi connectivity index (χ3v) is 2.29. The van der Waals surface area contributed by atoms with Gasteiger partial charge in [-0.05, 0) is 5.56 Å². The van der Waals surface area contributed by atoms with Crippen LogP contribution in [0.2, 0.25) is 0 Å². The standard InChI is InChI=1S/C12H11NO3/c1-15-12(14)10-9(7-16-11(10)13)8-5-3-2-4-6-8/h2-7H,13H2,1H3. The minimum absolute atomic E-state index is 0.0747. The predicted octanol–water partition coefficient (Wildman–Crippen LogP) is 2.32. The van der Waals surface area contributed by atoms with Crippen molar-refractivity contribution in [3.05, 3.63) is 42.2 Å². The van der Waals surface area contributed by atoms with Gasteiger partial charge in [-0.25, -0.2) is 4.79 Å². The van der Waals surface area contributed by atoms with E-state index in [4.69, 9.17) is 10.2 Å². The molecule has 0 saturated heterocycles. The highest BCUT2D eigenvalue weighted by Crippen LogP contribution is 2.30. The van der Waals surface area contributed by atoms with E-state index in [0.717, 1.165) is 5.56 Å². The lowest BCUT2D eigenvalue weighted by atomic mass is 10.0. The first kappa shape index (κ1) is 10.3. The molecular formula is C12H11NO3. The Balaban J connectivity index is 2.55. The summed E-state index contributed by atoms with van der Waals surface area (Å²) < 4.78 is 9.71. The number of carbonyl (C=O) groups is 1. The molecule has 0 fully saturated rings. The van der Waals surface area contributed by atoms with E-state index in [0.29, 0.717) is 5.56 Å². The minimum atomic E-state index is -0.495. The molecule has 4 heteroatoms. The maximum Gasteiger partial charge on any atom is 0.344 e. The fourth-order valence-corrected chi connectivity index (χ4v) is 1.52. The van der Waals surface area contributed by atoms with Gasteiger partial charge >= 0.3 is 5.97 Å². The zero-order valence-corrected chi connectivity index (χ0v) is 8.77. The normalized spacial score (nSPS) is 10.1. The Hall–Kier alpha value is -2.23. The number of esters is 1. The van der Waals surface area contributed by atoms with Crippen LogP contribution in [0.15, 0.2) is 41.0 Å². The second-order valence-electron chi connectivity index (χ2n) is 3.25. The number of furan rings is 1. The Bertz CT molecular complexity index is 502. The van der Waals surface area contributed by atoms with Crippen molar-refractivity contribution < 1.29 is 13.9 Å². The lowest BCUT2D eigenvalue weighted by molar-refractivity contribution is 0.0602. The maximum absolute atomic E-state index is 11.5. The number of anilines is 1. The van der Waals surface area contributed by atoms with Crippen molar-refractivity contribution in [2.75, 3.05) is 12.8 Å². The molecule has 0 aliphatic carbocycles. The molecule has 0 saturated carbocycles. The van der Waals surface area contributed by atoms with E-state index in [2.05, 4.69) is 4.74 Å². The molecule has 1 heterocycles. The number of hydrogen-bond donors (Lipinski definition) is 1. The number of nitrogen functional groups attached to an aromatic ring is 1. The first-order valence-corrected chi connectivity index (χ1v) is 4.74. The fourth-order valence-electron chi connectivity index (χ4n) is 1.52. The molecule has 0 amide bonds. The molecule has 2 rings (SSSR count). The van der Waals surface area contributed by atoms with E-state index in [1.54, 1.807) is 0 Å². The van der Waals surface area contributed by atoms with Crippen LogP contribution in [0.4, 0.5) is 5.88 Å². The monoisotopic (exact) mass is 217 g/mol. The lowest BCUT2D eigenvalue weighted by Crippen LogP contribution is -2.04. The zero-order valence-electron chi connectivity index (χ0n) is 8.77. The van der Waals surface area contributed by atoms with Crippen molar-refractivity contribution in [2.24, 2.45) is 0 Å². The number of hydrogen-bond acceptors (Lipinski definition) is 4. The zero-order chi connectivity index (χ0) is 11.5. The average Bonchev–Trinajstić information content (AvgIpc) is 2.71. The van der Waals surface area contributed by atoms with E-state index in [1.807, 2.05) is 30.3 Å². The molecule has 0 bridgehead atoms. The second kappa shape index (κ2) is 4.10. The minimum Gasteiger partial charge on any atom is -0.465 e. The Labute approximate surface area is 92.6 Å². The molecule has 0 spiro atoms. The first-order valence-electron chi connectivity index (χ1n) is 4.74. The van der Waals surface area contributed by atoms with Gasteiger partial charge in [0.25, 0.3) is 0 Å². The van der Waals surface area contributed by atoms with Gasteiger partial charge in [0.05, 0.1) is 7.11 Å². The molecule has 0 unspecified atom stereocenters. The molecule has 0 radical (unpaired) electrons. The van der Waals surface area contributed by atoms with Crippen LogP contribution in [0.5, 0.6) is 0 Å². The molecule has 82 valence electrons. The van der Waals surface area contributed by atoms with E-state index in [1.165, 1.54) is 13.4 Å². The van der Waals surface area contributed by atoms with Crippen LogP contribution in [0, 0.1) is 0 Å². The van der Waals surface area contributed by atoms with Crippen LogP contribution in [0.25, 0.3) is 11.1 Å². The summed E-state index contributed by atoms with van der Waals surface area (Å²) in [6.45, 7) is 0. The smallest absolute Gasteiger partial charge is 0.344 e. The van der Waals surface area contributed by atoms with Gasteiger partial charge in [-0.15, -0.1) is 0 Å².